The van der Waals surface area contributed by atoms with Crippen molar-refractivity contribution >= 4 is 5.97 Å². The van der Waals surface area contributed by atoms with Crippen molar-refractivity contribution in [2.75, 3.05) is 26.2 Å². The van der Waals surface area contributed by atoms with E-state index in [4.69, 9.17) is 0 Å². The number of hydrogen-bond donors (Lipinski definition) is 1. The molecule has 0 unspecified atom stereocenters. The maximum atomic E-state index is 13.9. The standard InChI is InChI=1S/C21H25FN2O2/c1-15-4-3-5-17(12-15)14-23-8-10-24(11-9-23)20(21(25)26)18-7-6-16(2)19(22)13-18/h3-7,12-13,20H,8-11,14H2,1-2H3,(H,25,26)/t20-/m0/s1. The Morgan fingerprint density at radius 1 is 1.12 bits per heavy atom. The van der Waals surface area contributed by atoms with Gasteiger partial charge in [0.05, 0.1) is 0 Å². The molecule has 1 N–H and O–H groups in total. The van der Waals surface area contributed by atoms with Gasteiger partial charge in [0.15, 0.2) is 0 Å². The summed E-state index contributed by atoms with van der Waals surface area (Å²) in [6.45, 7) is 7.53. The van der Waals surface area contributed by atoms with E-state index in [1.165, 1.54) is 17.2 Å². The molecule has 0 bridgehead atoms. The molecule has 1 fully saturated rings. The zero-order valence-electron chi connectivity index (χ0n) is 15.3. The molecule has 3 rings (SSSR count). The normalized spacial score (nSPS) is 17.2. The summed E-state index contributed by atoms with van der Waals surface area (Å²) in [6.07, 6.45) is 0. The Hall–Kier alpha value is -2.24. The minimum absolute atomic E-state index is 0.355. The lowest BCUT2D eigenvalue weighted by Gasteiger charge is -2.38. The van der Waals surface area contributed by atoms with Gasteiger partial charge >= 0.3 is 5.97 Å². The second-order valence-corrected chi connectivity index (χ2v) is 7.05. The first-order valence-electron chi connectivity index (χ1n) is 8.95. The van der Waals surface area contributed by atoms with Gasteiger partial charge in [0.1, 0.15) is 11.9 Å². The van der Waals surface area contributed by atoms with Crippen LogP contribution in [0.15, 0.2) is 42.5 Å². The maximum Gasteiger partial charge on any atom is 0.325 e. The van der Waals surface area contributed by atoms with Crippen molar-refractivity contribution < 1.29 is 14.3 Å². The third-order valence-electron chi connectivity index (χ3n) is 5.01. The molecule has 4 nitrogen and oxygen atoms in total. The zero-order valence-corrected chi connectivity index (χ0v) is 15.3. The second kappa shape index (κ2) is 7.98. The van der Waals surface area contributed by atoms with E-state index >= 15 is 0 Å². The van der Waals surface area contributed by atoms with E-state index in [9.17, 15) is 14.3 Å². The molecule has 0 amide bonds. The molecular weight excluding hydrogens is 331 g/mol. The molecule has 0 radical (unpaired) electrons. The van der Waals surface area contributed by atoms with Crippen molar-refractivity contribution in [1.29, 1.82) is 0 Å². The van der Waals surface area contributed by atoms with Crippen LogP contribution < -0.4 is 0 Å². The van der Waals surface area contributed by atoms with Crippen LogP contribution in [0.1, 0.15) is 28.3 Å². The molecule has 0 saturated carbocycles. The minimum Gasteiger partial charge on any atom is -0.480 e. The predicted octanol–water partition coefficient (Wildman–Crippen LogP) is 3.39. The molecule has 0 aliphatic carbocycles. The number of nitrogens with zero attached hydrogens (tertiary/aromatic N) is 2. The first-order valence-corrected chi connectivity index (χ1v) is 8.95. The van der Waals surface area contributed by atoms with Crippen LogP contribution in [0.3, 0.4) is 0 Å². The van der Waals surface area contributed by atoms with Crippen LogP contribution >= 0.6 is 0 Å². The monoisotopic (exact) mass is 356 g/mol. The highest BCUT2D eigenvalue weighted by molar-refractivity contribution is 5.75. The first kappa shape index (κ1) is 18.5. The number of rotatable bonds is 5. The molecule has 26 heavy (non-hydrogen) atoms. The van der Waals surface area contributed by atoms with Gasteiger partial charge in [-0.3, -0.25) is 14.6 Å². The molecule has 2 aromatic carbocycles. The van der Waals surface area contributed by atoms with E-state index in [-0.39, 0.29) is 5.82 Å². The maximum absolute atomic E-state index is 13.9. The van der Waals surface area contributed by atoms with Gasteiger partial charge in [0, 0.05) is 32.7 Å². The summed E-state index contributed by atoms with van der Waals surface area (Å²) in [5.41, 5.74) is 3.55. The highest BCUT2D eigenvalue weighted by Gasteiger charge is 2.30. The Kier molecular flexibility index (Phi) is 5.69. The van der Waals surface area contributed by atoms with Crippen LogP contribution in [0, 0.1) is 19.7 Å². The van der Waals surface area contributed by atoms with Crippen molar-refractivity contribution in [2.24, 2.45) is 0 Å². The average molecular weight is 356 g/mol. The first-order chi connectivity index (χ1) is 12.4. The number of aryl methyl sites for hydroxylation is 2. The number of aliphatic carboxylic acids is 1. The van der Waals surface area contributed by atoms with Gasteiger partial charge in [-0.05, 0) is 36.6 Å². The fourth-order valence-corrected chi connectivity index (χ4v) is 3.54. The van der Waals surface area contributed by atoms with Crippen LogP contribution in [-0.2, 0) is 11.3 Å². The lowest BCUT2D eigenvalue weighted by Crippen LogP contribution is -2.48. The Bertz CT molecular complexity index is 785. The van der Waals surface area contributed by atoms with Crippen molar-refractivity contribution in [3.8, 4) is 0 Å². The van der Waals surface area contributed by atoms with Gasteiger partial charge in [-0.2, -0.15) is 0 Å². The number of carbonyl (C=O) groups is 1. The molecule has 1 atom stereocenters. The van der Waals surface area contributed by atoms with E-state index in [2.05, 4.69) is 36.1 Å². The predicted molar refractivity (Wildman–Crippen MR) is 99.5 cm³/mol. The molecule has 0 spiro atoms. The molecule has 1 heterocycles. The smallest absolute Gasteiger partial charge is 0.325 e. The van der Waals surface area contributed by atoms with Crippen molar-refractivity contribution in [3.05, 3.63) is 70.5 Å². The van der Waals surface area contributed by atoms with Gasteiger partial charge < -0.3 is 5.11 Å². The Morgan fingerprint density at radius 3 is 2.46 bits per heavy atom. The Balaban J connectivity index is 1.66. The Morgan fingerprint density at radius 2 is 1.85 bits per heavy atom. The van der Waals surface area contributed by atoms with Gasteiger partial charge in [0.25, 0.3) is 0 Å². The largest absolute Gasteiger partial charge is 0.480 e. The SMILES string of the molecule is Cc1cccc(CN2CCN([C@H](C(=O)O)c3ccc(C)c(F)c3)CC2)c1. The summed E-state index contributed by atoms with van der Waals surface area (Å²) in [5.74, 6) is -1.28. The molecule has 2 aromatic rings. The van der Waals surface area contributed by atoms with Gasteiger partial charge in [-0.15, -0.1) is 0 Å². The zero-order chi connectivity index (χ0) is 18.7. The summed E-state index contributed by atoms with van der Waals surface area (Å²) in [7, 11) is 0. The van der Waals surface area contributed by atoms with Crippen LogP contribution in [0.4, 0.5) is 4.39 Å². The van der Waals surface area contributed by atoms with E-state index < -0.39 is 12.0 Å². The lowest BCUT2D eigenvalue weighted by atomic mass is 10.0. The van der Waals surface area contributed by atoms with E-state index in [0.717, 1.165) is 19.6 Å². The fraction of sp³-hybridized carbons (Fsp3) is 0.381. The van der Waals surface area contributed by atoms with Crippen LogP contribution in [0.25, 0.3) is 0 Å². The summed E-state index contributed by atoms with van der Waals surface area (Å²) >= 11 is 0. The molecule has 138 valence electrons. The summed E-state index contributed by atoms with van der Waals surface area (Å²) in [6, 6.07) is 12.4. The number of halogens is 1. The van der Waals surface area contributed by atoms with Crippen molar-refractivity contribution in [3.63, 3.8) is 0 Å². The second-order valence-electron chi connectivity index (χ2n) is 7.05. The Labute approximate surface area is 153 Å². The van der Waals surface area contributed by atoms with Gasteiger partial charge in [0.2, 0.25) is 0 Å². The minimum atomic E-state index is -0.930. The quantitative estimate of drug-likeness (QED) is 0.892. The van der Waals surface area contributed by atoms with Gasteiger partial charge in [-0.1, -0.05) is 42.0 Å². The molecule has 1 saturated heterocycles. The molecule has 1 aliphatic heterocycles. The molecule has 5 heteroatoms. The molecule has 0 aromatic heterocycles. The van der Waals surface area contributed by atoms with E-state index in [1.807, 2.05) is 4.90 Å². The van der Waals surface area contributed by atoms with E-state index in [0.29, 0.717) is 24.2 Å². The van der Waals surface area contributed by atoms with Crippen molar-refractivity contribution in [2.45, 2.75) is 26.4 Å². The number of piperazine rings is 1. The van der Waals surface area contributed by atoms with Gasteiger partial charge in [-0.25, -0.2) is 4.39 Å². The molecular formula is C21H25FN2O2. The average Bonchev–Trinajstić information content (AvgIpc) is 2.59. The van der Waals surface area contributed by atoms with Crippen LogP contribution in [0.5, 0.6) is 0 Å². The van der Waals surface area contributed by atoms with E-state index in [1.54, 1.807) is 19.1 Å². The fourth-order valence-electron chi connectivity index (χ4n) is 3.54. The topological polar surface area (TPSA) is 43.8 Å². The number of hydrogen-bond acceptors (Lipinski definition) is 3. The van der Waals surface area contributed by atoms with Crippen LogP contribution in [-0.4, -0.2) is 47.1 Å². The van der Waals surface area contributed by atoms with Crippen LogP contribution in [0.2, 0.25) is 0 Å². The summed E-state index contributed by atoms with van der Waals surface area (Å²) < 4.78 is 13.9. The number of carboxylic acid groups (broad SMARTS) is 1. The number of benzene rings is 2. The third kappa shape index (κ3) is 4.29. The molecule has 1 aliphatic rings. The summed E-state index contributed by atoms with van der Waals surface area (Å²) in [5, 5.41) is 9.69. The van der Waals surface area contributed by atoms with Crippen molar-refractivity contribution in [1.82, 2.24) is 9.80 Å². The number of carboxylic acids is 1. The third-order valence-corrected chi connectivity index (χ3v) is 5.01. The highest BCUT2D eigenvalue weighted by atomic mass is 19.1. The summed E-state index contributed by atoms with van der Waals surface area (Å²) in [4.78, 5) is 16.1. The lowest BCUT2D eigenvalue weighted by molar-refractivity contribution is -0.144. The highest BCUT2D eigenvalue weighted by Crippen LogP contribution is 2.25.